The maximum Gasteiger partial charge on any atom is 0.262 e. The maximum absolute atomic E-state index is 13.5. The molecule has 2 aliphatic rings. The van der Waals surface area contributed by atoms with Crippen LogP contribution in [0.5, 0.6) is 23.0 Å². The van der Waals surface area contributed by atoms with Crippen molar-refractivity contribution in [2.45, 2.75) is 6.61 Å². The van der Waals surface area contributed by atoms with Crippen molar-refractivity contribution in [1.29, 1.82) is 0 Å². The molecule has 5 rings (SSSR count). The van der Waals surface area contributed by atoms with E-state index in [1.807, 2.05) is 66.7 Å². The van der Waals surface area contributed by atoms with Gasteiger partial charge in [0.15, 0.2) is 23.0 Å². The van der Waals surface area contributed by atoms with Crippen LogP contribution in [0, 0.1) is 0 Å². The molecule has 0 spiro atoms. The van der Waals surface area contributed by atoms with Gasteiger partial charge in [-0.05, 0) is 41.5 Å². The molecule has 0 aliphatic carbocycles. The standard InChI is InChI=1S/C27H25NO6/c1-30-23-11-9-20-21(14-19-8-10-22-24(15-19)34-17-33-22)28(27(29)25(20)26(23)31-2)12-13-32-16-18-6-4-3-5-7-18/h3-11,14-15H,12-13,16-17H2,1-2H3/b21-14-. The highest BCUT2D eigenvalue weighted by atomic mass is 16.7. The van der Waals surface area contributed by atoms with Gasteiger partial charge >= 0.3 is 0 Å². The number of carbonyl (C=O) groups excluding carboxylic acids is 1. The normalized spacial score (nSPS) is 15.1. The molecule has 0 aromatic heterocycles. The molecule has 0 N–H and O–H groups in total. The van der Waals surface area contributed by atoms with Crippen molar-refractivity contribution in [3.8, 4) is 23.0 Å². The van der Waals surface area contributed by atoms with Gasteiger partial charge in [-0.1, -0.05) is 36.4 Å². The summed E-state index contributed by atoms with van der Waals surface area (Å²) in [4.78, 5) is 15.3. The first kappa shape index (κ1) is 21.9. The number of rotatable bonds is 8. The third kappa shape index (κ3) is 4.06. The molecular weight excluding hydrogens is 434 g/mol. The van der Waals surface area contributed by atoms with Crippen molar-refractivity contribution in [2.24, 2.45) is 0 Å². The number of ether oxygens (including phenoxy) is 5. The Morgan fingerprint density at radius 3 is 2.59 bits per heavy atom. The van der Waals surface area contributed by atoms with E-state index < -0.39 is 0 Å². The number of benzene rings is 3. The Morgan fingerprint density at radius 1 is 0.971 bits per heavy atom. The molecule has 0 radical (unpaired) electrons. The van der Waals surface area contributed by atoms with Gasteiger partial charge < -0.3 is 28.6 Å². The predicted octanol–water partition coefficient (Wildman–Crippen LogP) is 4.60. The molecule has 3 aromatic carbocycles. The average Bonchev–Trinajstić information content (AvgIpc) is 3.44. The summed E-state index contributed by atoms with van der Waals surface area (Å²) in [5, 5.41) is 0. The van der Waals surface area contributed by atoms with E-state index in [4.69, 9.17) is 23.7 Å². The second-order valence-electron chi connectivity index (χ2n) is 7.86. The number of amides is 1. The summed E-state index contributed by atoms with van der Waals surface area (Å²) in [7, 11) is 3.10. The van der Waals surface area contributed by atoms with E-state index in [9.17, 15) is 4.79 Å². The molecule has 0 bridgehead atoms. The van der Waals surface area contributed by atoms with Gasteiger partial charge in [-0.2, -0.15) is 0 Å². The van der Waals surface area contributed by atoms with Gasteiger partial charge in [-0.15, -0.1) is 0 Å². The van der Waals surface area contributed by atoms with E-state index in [0.29, 0.717) is 48.3 Å². The lowest BCUT2D eigenvalue weighted by Gasteiger charge is -2.19. The van der Waals surface area contributed by atoms with Crippen molar-refractivity contribution < 1.29 is 28.5 Å². The van der Waals surface area contributed by atoms with Crippen molar-refractivity contribution in [3.63, 3.8) is 0 Å². The van der Waals surface area contributed by atoms with E-state index in [2.05, 4.69) is 0 Å². The van der Waals surface area contributed by atoms with E-state index in [-0.39, 0.29) is 12.7 Å². The third-order valence-corrected chi connectivity index (χ3v) is 5.84. The van der Waals surface area contributed by atoms with Crippen LogP contribution >= 0.6 is 0 Å². The van der Waals surface area contributed by atoms with Crippen LogP contribution in [0.15, 0.2) is 60.7 Å². The van der Waals surface area contributed by atoms with Crippen LogP contribution in [0.2, 0.25) is 0 Å². The van der Waals surface area contributed by atoms with E-state index in [1.54, 1.807) is 12.0 Å². The first-order valence-corrected chi connectivity index (χ1v) is 11.0. The van der Waals surface area contributed by atoms with Crippen molar-refractivity contribution in [1.82, 2.24) is 4.90 Å². The Kier molecular flexibility index (Phi) is 6.10. The van der Waals surface area contributed by atoms with Gasteiger partial charge in [-0.3, -0.25) is 4.79 Å². The first-order chi connectivity index (χ1) is 16.7. The summed E-state index contributed by atoms with van der Waals surface area (Å²) in [6.45, 7) is 1.46. The quantitative estimate of drug-likeness (QED) is 0.459. The van der Waals surface area contributed by atoms with Crippen LogP contribution in [0.25, 0.3) is 11.8 Å². The second-order valence-corrected chi connectivity index (χ2v) is 7.86. The summed E-state index contributed by atoms with van der Waals surface area (Å²) < 4.78 is 27.8. The van der Waals surface area contributed by atoms with E-state index in [1.165, 1.54) is 7.11 Å². The Morgan fingerprint density at radius 2 is 1.79 bits per heavy atom. The molecule has 174 valence electrons. The maximum atomic E-state index is 13.5. The smallest absolute Gasteiger partial charge is 0.262 e. The van der Waals surface area contributed by atoms with Crippen LogP contribution in [-0.4, -0.2) is 45.0 Å². The van der Waals surface area contributed by atoms with Gasteiger partial charge in [-0.25, -0.2) is 0 Å². The van der Waals surface area contributed by atoms with Gasteiger partial charge in [0.1, 0.15) is 0 Å². The highest BCUT2D eigenvalue weighted by Gasteiger charge is 2.36. The Hall–Kier alpha value is -3.97. The fourth-order valence-corrected chi connectivity index (χ4v) is 4.20. The summed E-state index contributed by atoms with van der Waals surface area (Å²) >= 11 is 0. The van der Waals surface area contributed by atoms with E-state index >= 15 is 0 Å². The van der Waals surface area contributed by atoms with E-state index in [0.717, 1.165) is 22.4 Å². The molecule has 2 aliphatic heterocycles. The molecule has 0 atom stereocenters. The zero-order valence-electron chi connectivity index (χ0n) is 19.1. The minimum Gasteiger partial charge on any atom is -0.493 e. The molecule has 7 heteroatoms. The van der Waals surface area contributed by atoms with Gasteiger partial charge in [0.2, 0.25) is 6.79 Å². The summed E-state index contributed by atoms with van der Waals surface area (Å²) in [6, 6.07) is 19.4. The van der Waals surface area contributed by atoms with Gasteiger partial charge in [0, 0.05) is 12.1 Å². The minimum absolute atomic E-state index is 0.152. The molecule has 0 saturated carbocycles. The van der Waals surface area contributed by atoms with Crippen LogP contribution < -0.4 is 18.9 Å². The largest absolute Gasteiger partial charge is 0.493 e. The van der Waals surface area contributed by atoms with Gasteiger partial charge in [0.05, 0.1) is 38.7 Å². The number of nitrogens with zero attached hydrogens (tertiary/aromatic N) is 1. The molecule has 0 fully saturated rings. The highest BCUT2D eigenvalue weighted by Crippen LogP contribution is 2.44. The van der Waals surface area contributed by atoms with Crippen molar-refractivity contribution in [2.75, 3.05) is 34.2 Å². The number of hydrogen-bond donors (Lipinski definition) is 0. The predicted molar refractivity (Wildman–Crippen MR) is 127 cm³/mol. The molecule has 7 nitrogen and oxygen atoms in total. The number of carbonyl (C=O) groups is 1. The molecule has 34 heavy (non-hydrogen) atoms. The lowest BCUT2D eigenvalue weighted by molar-refractivity contribution is 0.0742. The van der Waals surface area contributed by atoms with Crippen molar-refractivity contribution >= 4 is 17.7 Å². The van der Waals surface area contributed by atoms with Crippen molar-refractivity contribution in [3.05, 3.63) is 82.9 Å². The third-order valence-electron chi connectivity index (χ3n) is 5.84. The number of fused-ring (bicyclic) bond motifs is 2. The zero-order chi connectivity index (χ0) is 23.5. The number of methoxy groups -OCH3 is 2. The average molecular weight is 459 g/mol. The minimum atomic E-state index is -0.152. The number of hydrogen-bond acceptors (Lipinski definition) is 6. The highest BCUT2D eigenvalue weighted by molar-refractivity contribution is 6.14. The fraction of sp³-hybridized carbons (Fsp3) is 0.222. The topological polar surface area (TPSA) is 66.5 Å². The fourth-order valence-electron chi connectivity index (χ4n) is 4.20. The zero-order valence-corrected chi connectivity index (χ0v) is 19.1. The Labute approximate surface area is 198 Å². The van der Waals surface area contributed by atoms with Gasteiger partial charge in [0.25, 0.3) is 5.91 Å². The molecular formula is C27H25NO6. The molecule has 0 saturated heterocycles. The Bertz CT molecular complexity index is 1240. The molecule has 3 aromatic rings. The summed E-state index contributed by atoms with van der Waals surface area (Å²) in [6.07, 6.45) is 1.97. The van der Waals surface area contributed by atoms with Crippen LogP contribution in [0.1, 0.15) is 27.0 Å². The van der Waals surface area contributed by atoms with Crippen LogP contribution in [0.3, 0.4) is 0 Å². The molecule has 1 amide bonds. The lowest BCUT2D eigenvalue weighted by Crippen LogP contribution is -2.27. The molecule has 2 heterocycles. The Balaban J connectivity index is 1.46. The lowest BCUT2D eigenvalue weighted by atomic mass is 10.0. The monoisotopic (exact) mass is 459 g/mol. The first-order valence-electron chi connectivity index (χ1n) is 11.0. The summed E-state index contributed by atoms with van der Waals surface area (Å²) in [5.74, 6) is 2.18. The summed E-state index contributed by atoms with van der Waals surface area (Å²) in [5.41, 5.74) is 4.01. The van der Waals surface area contributed by atoms with Crippen LogP contribution in [-0.2, 0) is 11.3 Å². The second kappa shape index (κ2) is 9.49. The van der Waals surface area contributed by atoms with Crippen LogP contribution in [0.4, 0.5) is 0 Å². The SMILES string of the molecule is COc1ccc2c(c1OC)C(=O)N(CCOCc1ccccc1)/C2=C\c1ccc2c(c1)OCO2. The molecule has 0 unspecified atom stereocenters.